The molecule has 0 saturated heterocycles. The smallest absolute Gasteiger partial charge is 0.408 e. The minimum Gasteiger partial charge on any atom is -0.444 e. The standard InChI is InChI=1S/C29H40ClN3O5S/c1-18-10-8-12-21(20(18)3)25(26(35)32-24-19(2)11-9-13-22(24)30)33(15-16-34)27(36)23(14-17-39-7)31-28(37)38-29(4,5)6/h8-13,23,25,34H,14-17H2,1-7H3,(H,31,37)(H,32,35). The number of para-hydroxylation sites is 1. The molecule has 0 radical (unpaired) electrons. The molecule has 8 nitrogen and oxygen atoms in total. The summed E-state index contributed by atoms with van der Waals surface area (Å²) in [5.41, 5.74) is 2.85. The number of ether oxygens (including phenoxy) is 1. The van der Waals surface area contributed by atoms with Gasteiger partial charge in [0.25, 0.3) is 5.91 Å². The monoisotopic (exact) mass is 577 g/mol. The summed E-state index contributed by atoms with van der Waals surface area (Å²) in [6, 6.07) is 8.77. The number of hydrogen-bond acceptors (Lipinski definition) is 6. The van der Waals surface area contributed by atoms with Crippen LogP contribution < -0.4 is 10.6 Å². The summed E-state index contributed by atoms with van der Waals surface area (Å²) in [5, 5.41) is 16.0. The fourth-order valence-electron chi connectivity index (χ4n) is 4.12. The first kappa shape index (κ1) is 32.5. The minimum absolute atomic E-state index is 0.127. The van der Waals surface area contributed by atoms with Crippen LogP contribution in [0, 0.1) is 20.8 Å². The summed E-state index contributed by atoms with van der Waals surface area (Å²) in [4.78, 5) is 42.0. The van der Waals surface area contributed by atoms with Crippen molar-refractivity contribution in [2.24, 2.45) is 0 Å². The first-order chi connectivity index (χ1) is 18.3. The number of aliphatic hydroxyl groups excluding tert-OH is 1. The van der Waals surface area contributed by atoms with Crippen LogP contribution in [0.15, 0.2) is 36.4 Å². The van der Waals surface area contributed by atoms with Crippen molar-refractivity contribution < 1.29 is 24.2 Å². The second-order valence-electron chi connectivity index (χ2n) is 10.3. The molecule has 2 rings (SSSR count). The number of halogens is 1. The molecule has 3 amide bonds. The van der Waals surface area contributed by atoms with E-state index in [1.54, 1.807) is 39.0 Å². The molecule has 214 valence electrons. The Balaban J connectivity index is 2.58. The number of aryl methyl sites for hydroxylation is 2. The Morgan fingerprint density at radius 1 is 1.08 bits per heavy atom. The highest BCUT2D eigenvalue weighted by atomic mass is 35.5. The molecule has 0 saturated carbocycles. The molecule has 0 fully saturated rings. The molecule has 2 aromatic carbocycles. The van der Waals surface area contributed by atoms with Crippen molar-refractivity contribution >= 4 is 47.0 Å². The molecule has 2 aromatic rings. The first-order valence-corrected chi connectivity index (χ1v) is 14.6. The van der Waals surface area contributed by atoms with Crippen molar-refractivity contribution in [2.75, 3.05) is 30.5 Å². The third kappa shape index (κ3) is 9.15. The number of anilines is 1. The van der Waals surface area contributed by atoms with Crippen LogP contribution in [0.2, 0.25) is 5.02 Å². The number of nitrogens with one attached hydrogen (secondary N) is 2. The molecule has 0 aliphatic carbocycles. The molecule has 0 heterocycles. The number of rotatable bonds is 11. The average Bonchev–Trinajstić information content (AvgIpc) is 2.84. The van der Waals surface area contributed by atoms with Gasteiger partial charge in [0.15, 0.2) is 0 Å². The van der Waals surface area contributed by atoms with Crippen molar-refractivity contribution in [3.63, 3.8) is 0 Å². The van der Waals surface area contributed by atoms with Gasteiger partial charge in [-0.3, -0.25) is 9.59 Å². The van der Waals surface area contributed by atoms with Gasteiger partial charge in [-0.05, 0) is 88.3 Å². The summed E-state index contributed by atoms with van der Waals surface area (Å²) in [6.07, 6.45) is 1.48. The van der Waals surface area contributed by atoms with Crippen LogP contribution in [0.25, 0.3) is 0 Å². The van der Waals surface area contributed by atoms with Crippen LogP contribution in [-0.2, 0) is 14.3 Å². The normalized spacial score (nSPS) is 12.8. The highest BCUT2D eigenvalue weighted by Crippen LogP contribution is 2.31. The lowest BCUT2D eigenvalue weighted by atomic mass is 9.94. The lowest BCUT2D eigenvalue weighted by Gasteiger charge is -2.35. The van der Waals surface area contributed by atoms with Gasteiger partial charge in [0.1, 0.15) is 17.7 Å². The summed E-state index contributed by atoms with van der Waals surface area (Å²) in [5.74, 6) is -0.401. The maximum Gasteiger partial charge on any atom is 0.408 e. The lowest BCUT2D eigenvalue weighted by molar-refractivity contribution is -0.141. The molecule has 2 atom stereocenters. The largest absolute Gasteiger partial charge is 0.444 e. The molecule has 10 heteroatoms. The number of amides is 3. The Kier molecular flexibility index (Phi) is 12.1. The molecule has 2 unspecified atom stereocenters. The third-order valence-electron chi connectivity index (χ3n) is 6.19. The second-order valence-corrected chi connectivity index (χ2v) is 11.7. The van der Waals surface area contributed by atoms with E-state index < -0.39 is 35.6 Å². The van der Waals surface area contributed by atoms with E-state index in [1.807, 2.05) is 45.2 Å². The number of nitrogens with zero attached hydrogens (tertiary/aromatic N) is 1. The Labute approximate surface area is 240 Å². The first-order valence-electron chi connectivity index (χ1n) is 12.8. The van der Waals surface area contributed by atoms with Crippen molar-refractivity contribution in [1.29, 1.82) is 0 Å². The van der Waals surface area contributed by atoms with Gasteiger partial charge in [0.2, 0.25) is 5.91 Å². The molecule has 0 aliphatic rings. The number of carbonyl (C=O) groups excluding carboxylic acids is 3. The van der Waals surface area contributed by atoms with E-state index in [1.165, 1.54) is 16.7 Å². The third-order valence-corrected chi connectivity index (χ3v) is 7.15. The quantitative estimate of drug-likeness (QED) is 0.329. The van der Waals surface area contributed by atoms with Crippen LogP contribution in [0.1, 0.15) is 55.5 Å². The molecule has 39 heavy (non-hydrogen) atoms. The van der Waals surface area contributed by atoms with Crippen molar-refractivity contribution in [1.82, 2.24) is 10.2 Å². The zero-order valence-electron chi connectivity index (χ0n) is 23.8. The zero-order valence-corrected chi connectivity index (χ0v) is 25.3. The van der Waals surface area contributed by atoms with E-state index >= 15 is 0 Å². The van der Waals surface area contributed by atoms with Crippen LogP contribution in [0.5, 0.6) is 0 Å². The maximum absolute atomic E-state index is 14.1. The molecular formula is C29H40ClN3O5S. The highest BCUT2D eigenvalue weighted by Gasteiger charge is 2.37. The number of alkyl carbamates (subject to hydrolysis) is 1. The Morgan fingerprint density at radius 3 is 2.31 bits per heavy atom. The predicted molar refractivity (Wildman–Crippen MR) is 158 cm³/mol. The molecular weight excluding hydrogens is 538 g/mol. The SMILES string of the molecule is CSCCC(NC(=O)OC(C)(C)C)C(=O)N(CCO)C(C(=O)Nc1c(C)cccc1Cl)c1cccc(C)c1C. The predicted octanol–water partition coefficient (Wildman–Crippen LogP) is 5.41. The molecule has 0 spiro atoms. The molecule has 0 aliphatic heterocycles. The van der Waals surface area contributed by atoms with E-state index in [4.69, 9.17) is 16.3 Å². The van der Waals surface area contributed by atoms with Gasteiger partial charge < -0.3 is 25.4 Å². The Hall–Kier alpha value is -2.75. The van der Waals surface area contributed by atoms with E-state index in [2.05, 4.69) is 10.6 Å². The Bertz CT molecular complexity index is 1150. The van der Waals surface area contributed by atoms with Gasteiger partial charge >= 0.3 is 6.09 Å². The van der Waals surface area contributed by atoms with Gasteiger partial charge in [0, 0.05) is 6.54 Å². The van der Waals surface area contributed by atoms with Gasteiger partial charge in [0.05, 0.1) is 17.3 Å². The van der Waals surface area contributed by atoms with E-state index in [-0.39, 0.29) is 13.2 Å². The van der Waals surface area contributed by atoms with Crippen LogP contribution in [0.4, 0.5) is 10.5 Å². The molecule has 3 N–H and O–H groups in total. The average molecular weight is 578 g/mol. The fraction of sp³-hybridized carbons (Fsp3) is 0.483. The number of benzene rings is 2. The summed E-state index contributed by atoms with van der Waals surface area (Å²) in [6.45, 7) is 10.3. The van der Waals surface area contributed by atoms with Gasteiger partial charge in [-0.1, -0.05) is 41.9 Å². The summed E-state index contributed by atoms with van der Waals surface area (Å²) in [7, 11) is 0. The van der Waals surface area contributed by atoms with Crippen LogP contribution in [-0.4, -0.2) is 64.7 Å². The van der Waals surface area contributed by atoms with Gasteiger partial charge in [-0.2, -0.15) is 11.8 Å². The van der Waals surface area contributed by atoms with Gasteiger partial charge in [-0.25, -0.2) is 4.79 Å². The highest BCUT2D eigenvalue weighted by molar-refractivity contribution is 7.98. The van der Waals surface area contributed by atoms with Crippen molar-refractivity contribution in [3.8, 4) is 0 Å². The Morgan fingerprint density at radius 2 is 1.72 bits per heavy atom. The molecule has 0 aromatic heterocycles. The zero-order chi connectivity index (χ0) is 29.3. The van der Waals surface area contributed by atoms with E-state index in [0.717, 1.165) is 16.7 Å². The number of hydrogen-bond donors (Lipinski definition) is 3. The van der Waals surface area contributed by atoms with Gasteiger partial charge in [-0.15, -0.1) is 0 Å². The number of carbonyl (C=O) groups is 3. The number of thioether (sulfide) groups is 1. The minimum atomic E-state index is -1.10. The van der Waals surface area contributed by atoms with E-state index in [9.17, 15) is 19.5 Å². The summed E-state index contributed by atoms with van der Waals surface area (Å²) < 4.78 is 5.40. The van der Waals surface area contributed by atoms with Crippen LogP contribution in [0.3, 0.4) is 0 Å². The fourth-order valence-corrected chi connectivity index (χ4v) is 4.86. The lowest BCUT2D eigenvalue weighted by Crippen LogP contribution is -2.53. The molecule has 0 bridgehead atoms. The van der Waals surface area contributed by atoms with E-state index in [0.29, 0.717) is 28.4 Å². The maximum atomic E-state index is 14.1. The second kappa shape index (κ2) is 14.6. The van der Waals surface area contributed by atoms with Crippen molar-refractivity contribution in [2.45, 2.75) is 65.6 Å². The summed E-state index contributed by atoms with van der Waals surface area (Å²) >= 11 is 7.93. The number of aliphatic hydroxyl groups is 1. The van der Waals surface area contributed by atoms with Crippen molar-refractivity contribution in [3.05, 3.63) is 63.7 Å². The topological polar surface area (TPSA) is 108 Å². The van der Waals surface area contributed by atoms with Crippen LogP contribution >= 0.6 is 23.4 Å².